The first-order valence-corrected chi connectivity index (χ1v) is 8.75. The second kappa shape index (κ2) is 8.53. The van der Waals surface area contributed by atoms with Crippen LogP contribution in [0.1, 0.15) is 24.3 Å². The van der Waals surface area contributed by atoms with Crippen molar-refractivity contribution in [3.05, 3.63) is 27.7 Å². The van der Waals surface area contributed by atoms with Crippen molar-refractivity contribution in [2.24, 2.45) is 0 Å². The predicted octanol–water partition coefficient (Wildman–Crippen LogP) is 3.01. The number of nitrogens with zero attached hydrogens (tertiary/aromatic N) is 1. The van der Waals surface area contributed by atoms with Crippen molar-refractivity contribution in [3.63, 3.8) is 0 Å². The smallest absolute Gasteiger partial charge is 0.490 e. The average molecular weight is 429 g/mol. The number of aromatic hydroxyl groups is 1. The molecule has 1 amide bonds. The van der Waals surface area contributed by atoms with Gasteiger partial charge < -0.3 is 20.4 Å². The van der Waals surface area contributed by atoms with Gasteiger partial charge in [0, 0.05) is 43.6 Å². The van der Waals surface area contributed by atoms with Crippen LogP contribution >= 0.6 is 23.2 Å². The van der Waals surface area contributed by atoms with Gasteiger partial charge in [0.2, 0.25) is 5.91 Å². The second-order valence-electron chi connectivity index (χ2n) is 6.18. The number of hydrogen-bond acceptors (Lipinski definition) is 4. The highest BCUT2D eigenvalue weighted by molar-refractivity contribution is 6.42. The molecule has 3 N–H and O–H groups in total. The van der Waals surface area contributed by atoms with E-state index in [1.54, 1.807) is 12.1 Å². The molecule has 3 rings (SSSR count). The molecule has 1 aromatic rings. The van der Waals surface area contributed by atoms with Crippen LogP contribution in [0.4, 0.5) is 13.2 Å². The fourth-order valence-electron chi connectivity index (χ4n) is 3.18. The van der Waals surface area contributed by atoms with Gasteiger partial charge in [0.05, 0.1) is 10.0 Å². The predicted molar refractivity (Wildman–Crippen MR) is 92.2 cm³/mol. The number of carbonyl (C=O) groups is 2. The number of nitrogens with one attached hydrogen (secondary N) is 1. The Labute approximate surface area is 162 Å². The van der Waals surface area contributed by atoms with E-state index in [-0.39, 0.29) is 23.6 Å². The summed E-state index contributed by atoms with van der Waals surface area (Å²) in [5.74, 6) is -2.40. The van der Waals surface area contributed by atoms with Gasteiger partial charge in [0.15, 0.2) is 0 Å². The van der Waals surface area contributed by atoms with Crippen molar-refractivity contribution < 1.29 is 33.0 Å². The summed E-state index contributed by atoms with van der Waals surface area (Å²) in [4.78, 5) is 22.9. The third-order valence-corrected chi connectivity index (χ3v) is 5.21. The van der Waals surface area contributed by atoms with E-state index in [2.05, 4.69) is 5.32 Å². The number of hydrogen-bond donors (Lipinski definition) is 3. The molecule has 1 aromatic carbocycles. The van der Waals surface area contributed by atoms with Gasteiger partial charge >= 0.3 is 12.1 Å². The monoisotopic (exact) mass is 428 g/mol. The summed E-state index contributed by atoms with van der Waals surface area (Å²) < 4.78 is 31.7. The maximum atomic E-state index is 12.1. The zero-order chi connectivity index (χ0) is 20.4. The Morgan fingerprint density at radius 3 is 2.52 bits per heavy atom. The molecular weight excluding hydrogens is 412 g/mol. The van der Waals surface area contributed by atoms with E-state index >= 15 is 0 Å². The number of rotatable bonds is 1. The topological polar surface area (TPSA) is 89.9 Å². The van der Waals surface area contributed by atoms with Gasteiger partial charge in [-0.05, 0) is 18.6 Å². The lowest BCUT2D eigenvalue weighted by Crippen LogP contribution is -2.37. The number of alkyl halides is 3. The molecule has 0 bridgehead atoms. The lowest BCUT2D eigenvalue weighted by Gasteiger charge is -2.21. The molecule has 2 saturated heterocycles. The van der Waals surface area contributed by atoms with Gasteiger partial charge in [0.1, 0.15) is 5.75 Å². The van der Waals surface area contributed by atoms with Gasteiger partial charge in [-0.15, -0.1) is 0 Å². The summed E-state index contributed by atoms with van der Waals surface area (Å²) in [6.07, 6.45) is -3.76. The number of phenols is 1. The Morgan fingerprint density at radius 1 is 1.30 bits per heavy atom. The van der Waals surface area contributed by atoms with Gasteiger partial charge in [-0.1, -0.05) is 23.2 Å². The van der Waals surface area contributed by atoms with Crippen LogP contribution in [-0.2, 0) is 9.59 Å². The third-order valence-electron chi connectivity index (χ3n) is 4.39. The first-order valence-electron chi connectivity index (χ1n) is 7.99. The number of aliphatic carboxylic acids is 1. The van der Waals surface area contributed by atoms with Crippen molar-refractivity contribution in [2.45, 2.75) is 31.0 Å². The van der Waals surface area contributed by atoms with E-state index in [0.717, 1.165) is 19.5 Å². The Kier molecular flexibility index (Phi) is 6.82. The van der Waals surface area contributed by atoms with Crippen LogP contribution in [-0.4, -0.2) is 58.8 Å². The van der Waals surface area contributed by atoms with E-state index in [4.69, 9.17) is 33.1 Å². The molecule has 2 heterocycles. The molecule has 0 saturated carbocycles. The van der Waals surface area contributed by atoms with Gasteiger partial charge in [-0.3, -0.25) is 4.79 Å². The number of phenolic OH excluding ortho intramolecular Hbond substituents is 1. The van der Waals surface area contributed by atoms with Crippen LogP contribution < -0.4 is 5.32 Å². The summed E-state index contributed by atoms with van der Waals surface area (Å²) in [5, 5.41) is 21.3. The van der Waals surface area contributed by atoms with Gasteiger partial charge in [-0.25, -0.2) is 4.79 Å². The van der Waals surface area contributed by atoms with Crippen molar-refractivity contribution in [1.29, 1.82) is 0 Å². The summed E-state index contributed by atoms with van der Waals surface area (Å²) in [7, 11) is 0. The standard InChI is InChI=1S/C14H16Cl2N2O2.C2HF3O2/c15-10-1-2-11(19)13(14(10)16)8-5-9-6-17-4-3-12(20)18(9)7-8;3-2(4,5)1(6)7/h1-2,8-9,17,19H,3-7H2;(H,6,7)/t8-,9-;/m0./s1. The van der Waals surface area contributed by atoms with Gasteiger partial charge in [0.25, 0.3) is 0 Å². The highest BCUT2D eigenvalue weighted by atomic mass is 35.5. The van der Waals surface area contributed by atoms with Crippen LogP contribution in [0.15, 0.2) is 12.1 Å². The molecule has 0 spiro atoms. The van der Waals surface area contributed by atoms with E-state index < -0.39 is 12.1 Å². The minimum absolute atomic E-state index is 0.0371. The molecule has 2 aliphatic rings. The Bertz CT molecular complexity index is 730. The summed E-state index contributed by atoms with van der Waals surface area (Å²) in [5.41, 5.74) is 0.667. The van der Waals surface area contributed by atoms with Gasteiger partial charge in [-0.2, -0.15) is 13.2 Å². The SMILES string of the molecule is O=C(O)C(F)(F)F.O=C1CCNC[C@@H]2C[C@H](c3c(O)ccc(Cl)c3Cl)CN12. The molecule has 150 valence electrons. The maximum Gasteiger partial charge on any atom is 0.490 e. The van der Waals surface area contributed by atoms with Crippen LogP contribution in [0.3, 0.4) is 0 Å². The van der Waals surface area contributed by atoms with Crippen LogP contribution in [0, 0.1) is 0 Å². The van der Waals surface area contributed by atoms with E-state index in [1.165, 1.54) is 0 Å². The number of carboxylic acid groups (broad SMARTS) is 1. The summed E-state index contributed by atoms with van der Waals surface area (Å²) >= 11 is 12.3. The second-order valence-corrected chi connectivity index (χ2v) is 6.97. The summed E-state index contributed by atoms with van der Waals surface area (Å²) in [6, 6.07) is 3.32. The number of carbonyl (C=O) groups excluding carboxylic acids is 1. The molecule has 0 radical (unpaired) electrons. The molecule has 2 atom stereocenters. The molecular formula is C16H17Cl2F3N2O4. The van der Waals surface area contributed by atoms with E-state index in [0.29, 0.717) is 28.6 Å². The molecule has 0 aliphatic carbocycles. The minimum Gasteiger partial charge on any atom is -0.508 e. The zero-order valence-electron chi connectivity index (χ0n) is 13.9. The van der Waals surface area contributed by atoms with Crippen LogP contribution in [0.25, 0.3) is 0 Å². The third kappa shape index (κ3) is 5.18. The van der Waals surface area contributed by atoms with Crippen molar-refractivity contribution in [2.75, 3.05) is 19.6 Å². The molecule has 2 aliphatic heterocycles. The largest absolute Gasteiger partial charge is 0.508 e. The summed E-state index contributed by atoms with van der Waals surface area (Å²) in [6.45, 7) is 2.12. The van der Waals surface area contributed by atoms with Crippen molar-refractivity contribution >= 4 is 35.1 Å². The molecule has 2 fully saturated rings. The lowest BCUT2D eigenvalue weighted by molar-refractivity contribution is -0.192. The molecule has 0 aromatic heterocycles. The lowest BCUT2D eigenvalue weighted by atomic mass is 9.95. The maximum absolute atomic E-state index is 12.1. The number of fused-ring (bicyclic) bond motifs is 1. The highest BCUT2D eigenvalue weighted by Crippen LogP contribution is 2.43. The number of amides is 1. The Hall–Kier alpha value is -1.71. The number of carboxylic acids is 1. The fraction of sp³-hybridized carbons (Fsp3) is 0.500. The first-order chi connectivity index (χ1) is 12.5. The van der Waals surface area contributed by atoms with E-state index in [9.17, 15) is 23.1 Å². The van der Waals surface area contributed by atoms with Crippen molar-refractivity contribution in [1.82, 2.24) is 10.2 Å². The molecule has 11 heteroatoms. The minimum atomic E-state index is -5.08. The van der Waals surface area contributed by atoms with Crippen molar-refractivity contribution in [3.8, 4) is 5.75 Å². The Balaban J connectivity index is 0.000000321. The van der Waals surface area contributed by atoms with Crippen LogP contribution in [0.5, 0.6) is 5.75 Å². The average Bonchev–Trinajstić information content (AvgIpc) is 2.91. The Morgan fingerprint density at radius 2 is 1.93 bits per heavy atom. The molecule has 6 nitrogen and oxygen atoms in total. The van der Waals surface area contributed by atoms with Crippen LogP contribution in [0.2, 0.25) is 10.0 Å². The fourth-order valence-corrected chi connectivity index (χ4v) is 3.66. The molecule has 27 heavy (non-hydrogen) atoms. The quantitative estimate of drug-likeness (QED) is 0.639. The number of halogens is 5. The van der Waals surface area contributed by atoms with E-state index in [1.807, 2.05) is 4.90 Å². The highest BCUT2D eigenvalue weighted by Gasteiger charge is 2.39. The normalized spacial score (nSPS) is 22.6. The molecule has 0 unspecified atom stereocenters. The number of benzene rings is 1. The first kappa shape index (κ1) is 21.6. The zero-order valence-corrected chi connectivity index (χ0v) is 15.4.